The molecular weight excluding hydrogens is 236 g/mol. The fraction of sp³-hybridized carbons (Fsp3) is 0.125. The highest BCUT2D eigenvalue weighted by atomic mass is 16.1. The Morgan fingerprint density at radius 3 is 2.74 bits per heavy atom. The van der Waals surface area contributed by atoms with Crippen molar-refractivity contribution in [2.45, 2.75) is 13.3 Å². The lowest BCUT2D eigenvalue weighted by molar-refractivity contribution is -0.116. The molecule has 3 heteroatoms. The molecule has 94 valence electrons. The fourth-order valence-electron chi connectivity index (χ4n) is 2.19. The highest BCUT2D eigenvalue weighted by molar-refractivity contribution is 5.86. The van der Waals surface area contributed by atoms with Crippen LogP contribution in [-0.4, -0.2) is 15.8 Å². The van der Waals surface area contributed by atoms with Crippen molar-refractivity contribution < 1.29 is 4.79 Å². The molecule has 1 N–H and O–H groups in total. The van der Waals surface area contributed by atoms with Crippen LogP contribution >= 0.6 is 0 Å². The van der Waals surface area contributed by atoms with E-state index >= 15 is 0 Å². The van der Waals surface area contributed by atoms with Gasteiger partial charge in [0.15, 0.2) is 0 Å². The molecule has 0 bridgehead atoms. The van der Waals surface area contributed by atoms with Crippen molar-refractivity contribution in [1.82, 2.24) is 9.97 Å². The van der Waals surface area contributed by atoms with E-state index in [0.717, 1.165) is 17.1 Å². The summed E-state index contributed by atoms with van der Waals surface area (Å²) < 4.78 is 0. The maximum Gasteiger partial charge on any atom is 0.137 e. The number of carbonyl (C=O) groups is 1. The molecule has 2 aromatic carbocycles. The number of aromatic nitrogens is 2. The molecule has 0 amide bonds. The molecule has 0 aliphatic heterocycles. The summed E-state index contributed by atoms with van der Waals surface area (Å²) in [7, 11) is 0. The Morgan fingerprint density at radius 2 is 1.95 bits per heavy atom. The van der Waals surface area contributed by atoms with E-state index in [9.17, 15) is 4.79 Å². The van der Waals surface area contributed by atoms with E-state index in [-0.39, 0.29) is 5.78 Å². The van der Waals surface area contributed by atoms with Crippen molar-refractivity contribution in [3.8, 4) is 11.3 Å². The number of H-pyrrole nitrogens is 1. The number of carbonyl (C=O) groups excluding carboxylic acids is 1. The van der Waals surface area contributed by atoms with Crippen LogP contribution in [0.4, 0.5) is 0 Å². The maximum atomic E-state index is 11.1. The molecule has 0 saturated carbocycles. The lowest BCUT2D eigenvalue weighted by Gasteiger charge is -2.01. The zero-order valence-corrected chi connectivity index (χ0v) is 10.7. The van der Waals surface area contributed by atoms with Crippen LogP contribution < -0.4 is 0 Å². The summed E-state index contributed by atoms with van der Waals surface area (Å²) in [5, 5.41) is 2.41. The highest BCUT2D eigenvalue weighted by Gasteiger charge is 2.05. The number of ketones is 1. The van der Waals surface area contributed by atoms with E-state index in [2.05, 4.69) is 40.3 Å². The van der Waals surface area contributed by atoms with Crippen molar-refractivity contribution in [3.05, 3.63) is 54.5 Å². The number of aromatic amines is 1. The zero-order chi connectivity index (χ0) is 13.2. The largest absolute Gasteiger partial charge is 0.342 e. The molecular formula is C16H14N2O. The maximum absolute atomic E-state index is 11.1. The summed E-state index contributed by atoms with van der Waals surface area (Å²) in [6, 6.07) is 14.5. The molecule has 19 heavy (non-hydrogen) atoms. The highest BCUT2D eigenvalue weighted by Crippen LogP contribution is 2.23. The Balaban J connectivity index is 1.99. The summed E-state index contributed by atoms with van der Waals surface area (Å²) in [6.07, 6.45) is 2.13. The average Bonchev–Trinajstić information content (AvgIpc) is 2.86. The van der Waals surface area contributed by atoms with Crippen molar-refractivity contribution in [2.75, 3.05) is 0 Å². The van der Waals surface area contributed by atoms with Crippen LogP contribution in [0.5, 0.6) is 0 Å². The normalized spacial score (nSPS) is 10.8. The van der Waals surface area contributed by atoms with Crippen LogP contribution in [0, 0.1) is 0 Å². The van der Waals surface area contributed by atoms with Crippen LogP contribution in [0.1, 0.15) is 12.7 Å². The van der Waals surface area contributed by atoms with E-state index < -0.39 is 0 Å². The Morgan fingerprint density at radius 1 is 1.16 bits per heavy atom. The smallest absolute Gasteiger partial charge is 0.137 e. The van der Waals surface area contributed by atoms with Crippen molar-refractivity contribution in [1.29, 1.82) is 0 Å². The minimum Gasteiger partial charge on any atom is -0.342 e. The number of rotatable bonds is 3. The monoisotopic (exact) mass is 250 g/mol. The molecule has 0 aliphatic carbocycles. The molecule has 0 aliphatic rings. The molecule has 0 fully saturated rings. The van der Waals surface area contributed by atoms with Gasteiger partial charge in [-0.15, -0.1) is 0 Å². The zero-order valence-electron chi connectivity index (χ0n) is 10.7. The number of fused-ring (bicyclic) bond motifs is 1. The summed E-state index contributed by atoms with van der Waals surface area (Å²) in [4.78, 5) is 18.5. The van der Waals surface area contributed by atoms with Gasteiger partial charge in [0.1, 0.15) is 11.6 Å². The van der Waals surface area contributed by atoms with Crippen LogP contribution in [0.2, 0.25) is 0 Å². The predicted octanol–water partition coefficient (Wildman–Crippen LogP) is 3.36. The molecule has 1 aromatic heterocycles. The average molecular weight is 250 g/mol. The molecule has 1 heterocycles. The third-order valence-corrected chi connectivity index (χ3v) is 3.11. The third kappa shape index (κ3) is 2.40. The minimum absolute atomic E-state index is 0.111. The van der Waals surface area contributed by atoms with Gasteiger partial charge in [0.05, 0.1) is 18.3 Å². The number of imidazole rings is 1. The van der Waals surface area contributed by atoms with Gasteiger partial charge in [0.25, 0.3) is 0 Å². The minimum atomic E-state index is 0.111. The van der Waals surface area contributed by atoms with E-state index in [1.165, 1.54) is 10.8 Å². The molecule has 0 spiro atoms. The second-order valence-corrected chi connectivity index (χ2v) is 4.68. The van der Waals surface area contributed by atoms with Gasteiger partial charge in [0, 0.05) is 5.56 Å². The molecule has 0 saturated heterocycles. The molecule has 3 nitrogen and oxygen atoms in total. The van der Waals surface area contributed by atoms with E-state index in [0.29, 0.717) is 6.42 Å². The second kappa shape index (κ2) is 4.69. The summed E-state index contributed by atoms with van der Waals surface area (Å²) >= 11 is 0. The third-order valence-electron chi connectivity index (χ3n) is 3.11. The van der Waals surface area contributed by atoms with Gasteiger partial charge in [-0.2, -0.15) is 0 Å². The number of nitrogens with one attached hydrogen (secondary N) is 1. The Bertz CT molecular complexity index is 743. The Labute approximate surface area is 111 Å². The van der Waals surface area contributed by atoms with Gasteiger partial charge in [-0.25, -0.2) is 4.98 Å². The molecule has 0 unspecified atom stereocenters. The molecule has 0 radical (unpaired) electrons. The van der Waals surface area contributed by atoms with E-state index in [1.807, 2.05) is 12.1 Å². The van der Waals surface area contributed by atoms with Gasteiger partial charge in [0.2, 0.25) is 0 Å². The van der Waals surface area contributed by atoms with Crippen LogP contribution in [0.3, 0.4) is 0 Å². The number of hydrogen-bond donors (Lipinski definition) is 1. The van der Waals surface area contributed by atoms with E-state index in [1.54, 1.807) is 13.1 Å². The molecule has 3 aromatic rings. The lowest BCUT2D eigenvalue weighted by Crippen LogP contribution is -1.97. The fourth-order valence-corrected chi connectivity index (χ4v) is 2.19. The SMILES string of the molecule is CC(=O)Cc1ncc(-c2ccc3ccccc3c2)[nH]1. The number of benzene rings is 2. The van der Waals surface area contributed by atoms with Crippen molar-refractivity contribution in [3.63, 3.8) is 0 Å². The van der Waals surface area contributed by atoms with Gasteiger partial charge < -0.3 is 4.98 Å². The van der Waals surface area contributed by atoms with Gasteiger partial charge in [-0.3, -0.25) is 4.79 Å². The number of hydrogen-bond acceptors (Lipinski definition) is 2. The van der Waals surface area contributed by atoms with Gasteiger partial charge in [-0.05, 0) is 23.8 Å². The quantitative estimate of drug-likeness (QED) is 0.774. The van der Waals surface area contributed by atoms with Crippen LogP contribution in [0.15, 0.2) is 48.7 Å². The van der Waals surface area contributed by atoms with Crippen molar-refractivity contribution >= 4 is 16.6 Å². The molecule has 0 atom stereocenters. The Kier molecular flexibility index (Phi) is 2.88. The standard InChI is InChI=1S/C16H14N2O/c1-11(19)8-16-17-10-15(18-16)14-7-6-12-4-2-3-5-13(12)9-14/h2-7,9-10H,8H2,1H3,(H,17,18). The first kappa shape index (κ1) is 11.7. The van der Waals surface area contributed by atoms with E-state index in [4.69, 9.17) is 0 Å². The van der Waals surface area contributed by atoms with Crippen molar-refractivity contribution in [2.24, 2.45) is 0 Å². The first-order valence-electron chi connectivity index (χ1n) is 6.25. The first-order chi connectivity index (χ1) is 9.22. The number of nitrogens with zero attached hydrogens (tertiary/aromatic N) is 1. The lowest BCUT2D eigenvalue weighted by atomic mass is 10.1. The summed E-state index contributed by atoms with van der Waals surface area (Å²) in [5.41, 5.74) is 2.03. The Hall–Kier alpha value is -2.42. The number of Topliss-reactive ketones (excluding diaryl/α,β-unsaturated/α-hetero) is 1. The second-order valence-electron chi connectivity index (χ2n) is 4.68. The van der Waals surface area contributed by atoms with Crippen LogP contribution in [-0.2, 0) is 11.2 Å². The topological polar surface area (TPSA) is 45.8 Å². The van der Waals surface area contributed by atoms with Crippen LogP contribution in [0.25, 0.3) is 22.0 Å². The summed E-state index contributed by atoms with van der Waals surface area (Å²) in [6.45, 7) is 1.57. The summed E-state index contributed by atoms with van der Waals surface area (Å²) in [5.74, 6) is 0.829. The molecule has 3 rings (SSSR count). The first-order valence-corrected chi connectivity index (χ1v) is 6.25. The van der Waals surface area contributed by atoms with Gasteiger partial charge in [-0.1, -0.05) is 36.4 Å². The van der Waals surface area contributed by atoms with Gasteiger partial charge >= 0.3 is 0 Å². The predicted molar refractivity (Wildman–Crippen MR) is 75.9 cm³/mol.